The predicted molar refractivity (Wildman–Crippen MR) is 70.7 cm³/mol. The quantitative estimate of drug-likeness (QED) is 0.865. The Labute approximate surface area is 115 Å². The number of hydrogen-bond acceptors (Lipinski definition) is 3. The van der Waals surface area contributed by atoms with E-state index in [-0.39, 0.29) is 17.8 Å². The van der Waals surface area contributed by atoms with Crippen molar-refractivity contribution >= 4 is 0 Å². The van der Waals surface area contributed by atoms with Gasteiger partial charge in [-0.25, -0.2) is 9.37 Å². The highest BCUT2D eigenvalue weighted by Crippen LogP contribution is 2.45. The van der Waals surface area contributed by atoms with E-state index >= 15 is 0 Å². The number of hydrogen-bond donors (Lipinski definition) is 1. The van der Waals surface area contributed by atoms with Gasteiger partial charge < -0.3 is 14.4 Å². The summed E-state index contributed by atoms with van der Waals surface area (Å²) in [5.41, 5.74) is 2.42. The van der Waals surface area contributed by atoms with Crippen molar-refractivity contribution in [1.82, 2.24) is 9.55 Å². The molecular formula is C15H15FN2O2. The molecule has 0 bridgehead atoms. The van der Waals surface area contributed by atoms with E-state index in [1.165, 1.54) is 6.07 Å². The second kappa shape index (κ2) is 4.40. The third-order valence-electron chi connectivity index (χ3n) is 4.36. The average Bonchev–Trinajstić information content (AvgIpc) is 3.01. The van der Waals surface area contributed by atoms with Crippen molar-refractivity contribution in [3.8, 4) is 11.3 Å². The highest BCUT2D eigenvalue weighted by Gasteiger charge is 2.40. The molecule has 1 aromatic heterocycles. The maximum Gasteiger partial charge on any atom is 0.129 e. The maximum atomic E-state index is 14.3. The van der Waals surface area contributed by atoms with Crippen molar-refractivity contribution in [3.63, 3.8) is 0 Å². The zero-order valence-corrected chi connectivity index (χ0v) is 10.9. The van der Waals surface area contributed by atoms with Crippen LogP contribution in [0.5, 0.6) is 0 Å². The van der Waals surface area contributed by atoms with Crippen LogP contribution in [0.15, 0.2) is 30.7 Å². The van der Waals surface area contributed by atoms with Crippen LogP contribution in [0, 0.1) is 11.7 Å². The molecule has 1 fully saturated rings. The third kappa shape index (κ3) is 1.57. The van der Waals surface area contributed by atoms with Gasteiger partial charge >= 0.3 is 0 Å². The van der Waals surface area contributed by atoms with Crippen LogP contribution >= 0.6 is 0 Å². The molecule has 3 atom stereocenters. The first-order chi connectivity index (χ1) is 9.77. The van der Waals surface area contributed by atoms with Crippen LogP contribution in [0.2, 0.25) is 0 Å². The summed E-state index contributed by atoms with van der Waals surface area (Å²) < 4.78 is 21.8. The Kier molecular flexibility index (Phi) is 2.65. The highest BCUT2D eigenvalue weighted by molar-refractivity contribution is 5.69. The number of aliphatic hydroxyl groups is 1. The Hall–Kier alpha value is -1.72. The zero-order chi connectivity index (χ0) is 13.7. The zero-order valence-electron chi connectivity index (χ0n) is 10.9. The summed E-state index contributed by atoms with van der Waals surface area (Å²) >= 11 is 0. The minimum atomic E-state index is -0.477. The van der Waals surface area contributed by atoms with E-state index in [2.05, 4.69) is 4.98 Å². The number of rotatable bonds is 1. The lowest BCUT2D eigenvalue weighted by molar-refractivity contribution is -0.0484. The van der Waals surface area contributed by atoms with E-state index < -0.39 is 6.10 Å². The Morgan fingerprint density at radius 3 is 3.15 bits per heavy atom. The summed E-state index contributed by atoms with van der Waals surface area (Å²) in [7, 11) is 0. The number of nitrogens with zero attached hydrogens (tertiary/aromatic N) is 2. The van der Waals surface area contributed by atoms with Gasteiger partial charge in [-0.3, -0.25) is 0 Å². The van der Waals surface area contributed by atoms with Crippen molar-refractivity contribution in [1.29, 1.82) is 0 Å². The highest BCUT2D eigenvalue weighted by atomic mass is 19.1. The Balaban J connectivity index is 1.88. The predicted octanol–water partition coefficient (Wildman–Crippen LogP) is 1.99. The summed E-state index contributed by atoms with van der Waals surface area (Å²) in [6, 6.07) is 4.85. The van der Waals surface area contributed by atoms with E-state index in [1.807, 2.05) is 10.6 Å². The van der Waals surface area contributed by atoms with Crippen LogP contribution in [0.3, 0.4) is 0 Å². The molecule has 2 aliphatic rings. The molecular weight excluding hydrogens is 259 g/mol. The Bertz CT molecular complexity index is 655. The van der Waals surface area contributed by atoms with Crippen molar-refractivity contribution in [2.45, 2.75) is 18.6 Å². The molecule has 0 saturated carbocycles. The first-order valence-corrected chi connectivity index (χ1v) is 6.84. The first-order valence-electron chi connectivity index (χ1n) is 6.84. The molecule has 1 saturated heterocycles. The fraction of sp³-hybridized carbons (Fsp3) is 0.400. The summed E-state index contributed by atoms with van der Waals surface area (Å²) in [6.07, 6.45) is 3.57. The minimum absolute atomic E-state index is 0.144. The lowest BCUT2D eigenvalue weighted by atomic mass is 9.86. The van der Waals surface area contributed by atoms with Gasteiger partial charge in [-0.05, 0) is 12.5 Å². The molecule has 3 heterocycles. The molecule has 0 spiro atoms. The van der Waals surface area contributed by atoms with Gasteiger partial charge in [0.25, 0.3) is 0 Å². The average molecular weight is 274 g/mol. The van der Waals surface area contributed by atoms with E-state index in [9.17, 15) is 9.50 Å². The van der Waals surface area contributed by atoms with Crippen LogP contribution in [0.1, 0.15) is 18.0 Å². The van der Waals surface area contributed by atoms with Gasteiger partial charge in [0.15, 0.2) is 0 Å². The summed E-state index contributed by atoms with van der Waals surface area (Å²) in [6.45, 7) is 1.00. The second-order valence-electron chi connectivity index (χ2n) is 5.43. The number of ether oxygens (including phenoxy) is 1. The molecule has 104 valence electrons. The molecule has 2 aliphatic heterocycles. The second-order valence-corrected chi connectivity index (χ2v) is 5.43. The smallest absolute Gasteiger partial charge is 0.129 e. The molecule has 2 aromatic rings. The van der Waals surface area contributed by atoms with Gasteiger partial charge in [0.05, 0.1) is 37.0 Å². The van der Waals surface area contributed by atoms with Crippen LogP contribution in [0.4, 0.5) is 4.39 Å². The van der Waals surface area contributed by atoms with Crippen molar-refractivity contribution in [2.75, 3.05) is 13.2 Å². The molecule has 0 radical (unpaired) electrons. The molecule has 1 N–H and O–H groups in total. The molecule has 0 unspecified atom stereocenters. The molecule has 0 amide bonds. The van der Waals surface area contributed by atoms with E-state index in [4.69, 9.17) is 4.74 Å². The molecule has 0 aliphatic carbocycles. The Morgan fingerprint density at radius 2 is 2.30 bits per heavy atom. The third-order valence-corrected chi connectivity index (χ3v) is 4.36. The monoisotopic (exact) mass is 274 g/mol. The van der Waals surface area contributed by atoms with Crippen molar-refractivity contribution in [3.05, 3.63) is 42.1 Å². The number of halogens is 1. The van der Waals surface area contributed by atoms with Gasteiger partial charge in [0, 0.05) is 23.7 Å². The van der Waals surface area contributed by atoms with Crippen LogP contribution < -0.4 is 0 Å². The van der Waals surface area contributed by atoms with E-state index in [0.717, 1.165) is 11.3 Å². The maximum absolute atomic E-state index is 14.3. The van der Waals surface area contributed by atoms with Gasteiger partial charge in [0.2, 0.25) is 0 Å². The van der Waals surface area contributed by atoms with Gasteiger partial charge in [0.1, 0.15) is 5.82 Å². The van der Waals surface area contributed by atoms with Gasteiger partial charge in [-0.15, -0.1) is 0 Å². The lowest BCUT2D eigenvalue weighted by Gasteiger charge is -2.33. The lowest BCUT2D eigenvalue weighted by Crippen LogP contribution is -2.37. The number of aromatic nitrogens is 2. The fourth-order valence-electron chi connectivity index (χ4n) is 3.41. The van der Waals surface area contributed by atoms with Crippen LogP contribution in [-0.4, -0.2) is 34.0 Å². The van der Waals surface area contributed by atoms with E-state index in [0.29, 0.717) is 25.2 Å². The Morgan fingerprint density at radius 1 is 1.40 bits per heavy atom. The minimum Gasteiger partial charge on any atom is -0.393 e. The number of fused-ring (bicyclic) bond motifs is 3. The molecule has 4 nitrogen and oxygen atoms in total. The first kappa shape index (κ1) is 12.1. The largest absolute Gasteiger partial charge is 0.393 e. The van der Waals surface area contributed by atoms with Crippen molar-refractivity contribution < 1.29 is 14.2 Å². The van der Waals surface area contributed by atoms with Gasteiger partial charge in [-0.1, -0.05) is 12.1 Å². The molecule has 1 aromatic carbocycles. The summed E-state index contributed by atoms with van der Waals surface area (Å²) in [4.78, 5) is 4.16. The summed E-state index contributed by atoms with van der Waals surface area (Å²) in [5, 5.41) is 10.3. The van der Waals surface area contributed by atoms with Crippen LogP contribution in [0.25, 0.3) is 11.3 Å². The number of benzene rings is 1. The fourth-order valence-corrected chi connectivity index (χ4v) is 3.41. The molecule has 4 rings (SSSR count). The number of aliphatic hydroxyl groups excluding tert-OH is 1. The normalized spacial score (nSPS) is 28.2. The summed E-state index contributed by atoms with van der Waals surface area (Å²) in [5.74, 6) is -0.371. The SMILES string of the molecule is O[C@H]1CCOC[C@@H]1[C@H]1c2c(F)cccc2-c2cncn21. The van der Waals surface area contributed by atoms with Gasteiger partial charge in [-0.2, -0.15) is 0 Å². The molecule has 20 heavy (non-hydrogen) atoms. The standard InChI is InChI=1S/C15H15FN2O2/c16-11-3-1-2-9-12-6-17-8-18(12)15(14(9)11)10-7-20-5-4-13(10)19/h1-3,6,8,10,13,15,19H,4-5,7H2/t10-,13-,15-/m0/s1. The van der Waals surface area contributed by atoms with Crippen molar-refractivity contribution in [2.24, 2.45) is 5.92 Å². The molecule has 5 heteroatoms. The topological polar surface area (TPSA) is 47.3 Å². The number of imidazole rings is 1. The van der Waals surface area contributed by atoms with E-state index in [1.54, 1.807) is 18.6 Å². The van der Waals surface area contributed by atoms with Crippen LogP contribution in [-0.2, 0) is 4.74 Å².